The van der Waals surface area contributed by atoms with Gasteiger partial charge in [-0.3, -0.25) is 9.59 Å². The Morgan fingerprint density at radius 3 is 2.58 bits per heavy atom. The van der Waals surface area contributed by atoms with Gasteiger partial charge in [0.2, 0.25) is 11.8 Å². The number of amides is 2. The smallest absolute Gasteiger partial charge is 0.247 e. The minimum absolute atomic E-state index is 0.0431. The zero-order chi connectivity index (χ0) is 24.9. The molecule has 1 saturated carbocycles. The number of nitrogens with one attached hydrogen (secondary N) is 1. The molecule has 0 spiro atoms. The minimum atomic E-state index is -0.848. The average Bonchev–Trinajstić information content (AvgIpc) is 3.56. The molecular formula is C27H33N5O4. The lowest BCUT2D eigenvalue weighted by Crippen LogP contribution is -2.49. The quantitative estimate of drug-likeness (QED) is 0.500. The normalized spacial score (nSPS) is 19.3. The number of phenols is 1. The first-order chi connectivity index (χ1) is 17.6. The topological polar surface area (TPSA) is 110 Å². The number of carbonyl (C=O) groups excluding carboxylic acids is 2. The molecule has 2 atom stereocenters. The molecule has 0 unspecified atom stereocenters. The zero-order valence-electron chi connectivity index (χ0n) is 20.4. The van der Waals surface area contributed by atoms with Crippen molar-refractivity contribution in [2.45, 2.75) is 69.7 Å². The number of rotatable bonds is 8. The number of ether oxygens (including phenoxy) is 1. The van der Waals surface area contributed by atoms with Crippen LogP contribution in [0, 0.1) is 0 Å². The van der Waals surface area contributed by atoms with Gasteiger partial charge in [0.1, 0.15) is 23.9 Å². The Kier molecular flexibility index (Phi) is 7.46. The van der Waals surface area contributed by atoms with Gasteiger partial charge >= 0.3 is 0 Å². The van der Waals surface area contributed by atoms with Crippen molar-refractivity contribution in [1.82, 2.24) is 25.2 Å². The number of phenolic OH excluding ortho intramolecular Hbond substituents is 1. The van der Waals surface area contributed by atoms with Gasteiger partial charge < -0.3 is 20.1 Å². The van der Waals surface area contributed by atoms with Crippen molar-refractivity contribution < 1.29 is 19.4 Å². The van der Waals surface area contributed by atoms with Gasteiger partial charge in [-0.25, -0.2) is 4.68 Å². The lowest BCUT2D eigenvalue weighted by Gasteiger charge is -2.34. The molecule has 36 heavy (non-hydrogen) atoms. The van der Waals surface area contributed by atoms with Gasteiger partial charge in [-0.05, 0) is 55.5 Å². The van der Waals surface area contributed by atoms with Crippen LogP contribution in [0.15, 0.2) is 48.5 Å². The van der Waals surface area contributed by atoms with E-state index < -0.39 is 6.04 Å². The molecule has 1 aliphatic heterocycles. The molecule has 2 fully saturated rings. The van der Waals surface area contributed by atoms with E-state index in [4.69, 9.17) is 4.74 Å². The maximum Gasteiger partial charge on any atom is 0.247 e. The molecule has 190 valence electrons. The monoisotopic (exact) mass is 491 g/mol. The lowest BCUT2D eigenvalue weighted by atomic mass is 9.94. The largest absolute Gasteiger partial charge is 0.508 e. The van der Waals surface area contributed by atoms with Crippen molar-refractivity contribution >= 4 is 22.8 Å². The highest BCUT2D eigenvalue weighted by Gasteiger charge is 2.35. The third kappa shape index (κ3) is 5.51. The summed E-state index contributed by atoms with van der Waals surface area (Å²) >= 11 is 0. The number of carbonyl (C=O) groups is 2. The van der Waals surface area contributed by atoms with Crippen molar-refractivity contribution in [3.63, 3.8) is 0 Å². The summed E-state index contributed by atoms with van der Waals surface area (Å²) < 4.78 is 7.45. The molecule has 2 aromatic carbocycles. The Labute approximate surface area is 210 Å². The number of para-hydroxylation sites is 1. The number of aromatic hydroxyl groups is 1. The van der Waals surface area contributed by atoms with Crippen LogP contribution in [0.2, 0.25) is 0 Å². The van der Waals surface area contributed by atoms with E-state index in [1.165, 1.54) is 6.42 Å². The molecule has 2 heterocycles. The van der Waals surface area contributed by atoms with Crippen molar-refractivity contribution in [3.8, 4) is 5.75 Å². The van der Waals surface area contributed by atoms with Gasteiger partial charge in [0.25, 0.3) is 0 Å². The first-order valence-corrected chi connectivity index (χ1v) is 12.9. The lowest BCUT2D eigenvalue weighted by molar-refractivity contribution is -0.143. The minimum Gasteiger partial charge on any atom is -0.508 e. The Morgan fingerprint density at radius 1 is 1.06 bits per heavy atom. The molecule has 1 aromatic heterocycles. The molecule has 2 N–H and O–H groups in total. The number of nitrogens with zero attached hydrogens (tertiary/aromatic N) is 4. The second-order valence-electron chi connectivity index (χ2n) is 9.75. The first-order valence-electron chi connectivity index (χ1n) is 12.9. The van der Waals surface area contributed by atoms with E-state index in [2.05, 4.69) is 15.6 Å². The summed E-state index contributed by atoms with van der Waals surface area (Å²) in [6, 6.07) is 13.3. The van der Waals surface area contributed by atoms with Crippen molar-refractivity contribution in [3.05, 3.63) is 54.1 Å². The Balaban J connectivity index is 1.46. The fraction of sp³-hybridized carbons (Fsp3) is 0.481. The fourth-order valence-electron chi connectivity index (χ4n) is 5.27. The van der Waals surface area contributed by atoms with Crippen LogP contribution in [-0.4, -0.2) is 62.1 Å². The second-order valence-corrected chi connectivity index (χ2v) is 9.75. The van der Waals surface area contributed by atoms with Gasteiger partial charge in [0.05, 0.1) is 11.6 Å². The van der Waals surface area contributed by atoms with Crippen LogP contribution < -0.4 is 5.32 Å². The molecule has 2 amide bonds. The van der Waals surface area contributed by atoms with E-state index in [0.29, 0.717) is 24.2 Å². The van der Waals surface area contributed by atoms with Gasteiger partial charge in [0.15, 0.2) is 0 Å². The van der Waals surface area contributed by atoms with Crippen LogP contribution in [0.3, 0.4) is 0 Å². The zero-order valence-corrected chi connectivity index (χ0v) is 20.4. The van der Waals surface area contributed by atoms with E-state index in [9.17, 15) is 14.7 Å². The molecule has 9 nitrogen and oxygen atoms in total. The second kappa shape index (κ2) is 11.1. The maximum absolute atomic E-state index is 13.9. The molecule has 1 saturated heterocycles. The third-order valence-corrected chi connectivity index (χ3v) is 7.17. The van der Waals surface area contributed by atoms with Crippen LogP contribution in [-0.2, 0) is 20.9 Å². The van der Waals surface area contributed by atoms with Crippen molar-refractivity contribution in [2.24, 2.45) is 0 Å². The maximum atomic E-state index is 13.9. The molecule has 0 radical (unpaired) electrons. The van der Waals surface area contributed by atoms with Gasteiger partial charge in [-0.2, -0.15) is 0 Å². The Hall–Kier alpha value is -3.46. The number of hydrogen-bond donors (Lipinski definition) is 2. The van der Waals surface area contributed by atoms with Crippen molar-refractivity contribution in [1.29, 1.82) is 0 Å². The highest BCUT2D eigenvalue weighted by Crippen LogP contribution is 2.28. The van der Waals surface area contributed by atoms with Gasteiger partial charge in [-0.1, -0.05) is 48.7 Å². The number of hydrogen-bond acceptors (Lipinski definition) is 6. The Morgan fingerprint density at radius 2 is 1.83 bits per heavy atom. The van der Waals surface area contributed by atoms with Gasteiger partial charge in [0, 0.05) is 19.2 Å². The summed E-state index contributed by atoms with van der Waals surface area (Å²) in [5.74, 6) is -0.336. The van der Waals surface area contributed by atoms with Crippen LogP contribution in [0.1, 0.15) is 56.6 Å². The third-order valence-electron chi connectivity index (χ3n) is 7.17. The summed E-state index contributed by atoms with van der Waals surface area (Å²) in [6.45, 7) is 0.909. The summed E-state index contributed by atoms with van der Waals surface area (Å²) in [7, 11) is 0. The summed E-state index contributed by atoms with van der Waals surface area (Å²) in [4.78, 5) is 29.3. The number of fused-ring (bicyclic) bond motifs is 1. The standard InChI is InChI=1S/C27H33N5O4/c33-21-14-12-19(13-15-21)26(27(35)28-20-7-2-1-3-8-20)31(17-22-9-6-16-36-22)25(34)18-32-24-11-5-4-10-23(24)29-30-32/h4-5,10-15,20,22,26,33H,1-3,6-9,16-18H2,(H,28,35)/t22-,26+/m1/s1. The van der Waals surface area contributed by atoms with Crippen LogP contribution in [0.5, 0.6) is 5.75 Å². The fourth-order valence-corrected chi connectivity index (χ4v) is 5.27. The summed E-state index contributed by atoms with van der Waals surface area (Å²) in [5, 5.41) is 21.4. The highest BCUT2D eigenvalue weighted by molar-refractivity contribution is 5.89. The molecule has 3 aromatic rings. The molecule has 5 rings (SSSR count). The van der Waals surface area contributed by atoms with Crippen LogP contribution >= 0.6 is 0 Å². The first kappa shape index (κ1) is 24.2. The van der Waals surface area contributed by atoms with E-state index >= 15 is 0 Å². The van der Waals surface area contributed by atoms with E-state index in [1.807, 2.05) is 24.3 Å². The van der Waals surface area contributed by atoms with Gasteiger partial charge in [-0.15, -0.1) is 5.10 Å². The number of aromatic nitrogens is 3. The number of benzene rings is 2. The van der Waals surface area contributed by atoms with Crippen LogP contribution in [0.4, 0.5) is 0 Å². The van der Waals surface area contributed by atoms with E-state index in [1.54, 1.807) is 33.8 Å². The van der Waals surface area contributed by atoms with E-state index in [0.717, 1.165) is 44.0 Å². The van der Waals surface area contributed by atoms with E-state index in [-0.39, 0.29) is 36.3 Å². The highest BCUT2D eigenvalue weighted by atomic mass is 16.5. The van der Waals surface area contributed by atoms with Crippen LogP contribution in [0.25, 0.3) is 11.0 Å². The summed E-state index contributed by atoms with van der Waals surface area (Å²) in [6.07, 6.45) is 6.88. The SMILES string of the molecule is O=C(NC1CCCCC1)[C@H](c1ccc(O)cc1)N(C[C@H]1CCCO1)C(=O)Cn1nnc2ccccc21. The molecule has 0 bridgehead atoms. The molecule has 2 aliphatic rings. The molecular weight excluding hydrogens is 458 g/mol. The summed E-state index contributed by atoms with van der Waals surface area (Å²) in [5.41, 5.74) is 2.12. The molecule has 9 heteroatoms. The van der Waals surface area contributed by atoms with Crippen molar-refractivity contribution in [2.75, 3.05) is 13.2 Å². The average molecular weight is 492 g/mol. The Bertz CT molecular complexity index is 1180. The molecule has 1 aliphatic carbocycles. The predicted molar refractivity (Wildman–Crippen MR) is 134 cm³/mol. The predicted octanol–water partition coefficient (Wildman–Crippen LogP) is 3.33.